The van der Waals surface area contributed by atoms with Gasteiger partial charge in [-0.05, 0) is 25.1 Å². The number of thioether (sulfide) groups is 1. The molecule has 0 aliphatic heterocycles. The van der Waals surface area contributed by atoms with Crippen molar-refractivity contribution in [2.75, 3.05) is 19.0 Å². The normalized spacial score (nSPS) is 9.90. The van der Waals surface area contributed by atoms with Crippen LogP contribution in [0.5, 0.6) is 5.75 Å². The topological polar surface area (TPSA) is 71.0 Å². The quantitative estimate of drug-likeness (QED) is 0.497. The fourth-order valence-electron chi connectivity index (χ4n) is 1.48. The lowest BCUT2D eigenvalue weighted by molar-refractivity contribution is 0.343. The van der Waals surface area contributed by atoms with Gasteiger partial charge in [0.05, 0.1) is 6.61 Å². The van der Waals surface area contributed by atoms with E-state index in [2.05, 4.69) is 27.0 Å². The third-order valence-corrected chi connectivity index (χ3v) is 3.12. The summed E-state index contributed by atoms with van der Waals surface area (Å²) in [6, 6.07) is 7.49. The maximum Gasteiger partial charge on any atom is 0.208 e. The Morgan fingerprint density at radius 1 is 1.45 bits per heavy atom. The Labute approximate surface area is 121 Å². The van der Waals surface area contributed by atoms with E-state index < -0.39 is 0 Å². The molecular weight excluding hydrogens is 274 g/mol. The van der Waals surface area contributed by atoms with Gasteiger partial charge in [0.15, 0.2) is 0 Å². The molecule has 0 aliphatic carbocycles. The van der Waals surface area contributed by atoms with Crippen LogP contribution in [0.2, 0.25) is 0 Å². The Kier molecular flexibility index (Phi) is 5.47. The smallest absolute Gasteiger partial charge is 0.208 e. The molecule has 1 aromatic heterocycles. The largest absolute Gasteiger partial charge is 0.493 e. The average molecular weight is 289 g/mol. The summed E-state index contributed by atoms with van der Waals surface area (Å²) in [7, 11) is 0. The molecule has 0 saturated carbocycles. The fourth-order valence-corrected chi connectivity index (χ4v) is 2.15. The van der Waals surface area contributed by atoms with E-state index in [1.807, 2.05) is 31.2 Å². The van der Waals surface area contributed by atoms with E-state index in [1.165, 1.54) is 11.8 Å². The molecule has 0 aliphatic rings. The van der Waals surface area contributed by atoms with Gasteiger partial charge in [0, 0.05) is 11.3 Å². The van der Waals surface area contributed by atoms with Gasteiger partial charge < -0.3 is 9.84 Å². The molecule has 0 atom stereocenters. The lowest BCUT2D eigenvalue weighted by atomic mass is 10.2. The number of H-pyrrole nitrogens is 1. The van der Waals surface area contributed by atoms with Crippen LogP contribution in [0.1, 0.15) is 11.4 Å². The second-order valence-corrected chi connectivity index (χ2v) is 4.95. The number of benzene rings is 1. The molecule has 0 amide bonds. The van der Waals surface area contributed by atoms with Crippen LogP contribution < -0.4 is 4.74 Å². The molecular formula is C14H15N3O2S. The van der Waals surface area contributed by atoms with Crippen molar-refractivity contribution in [1.82, 2.24) is 15.2 Å². The van der Waals surface area contributed by atoms with Gasteiger partial charge in [-0.3, -0.25) is 5.10 Å². The Morgan fingerprint density at radius 2 is 2.35 bits per heavy atom. The van der Waals surface area contributed by atoms with Crippen LogP contribution in [-0.4, -0.2) is 39.3 Å². The number of ether oxygens (including phenoxy) is 1. The summed E-state index contributed by atoms with van der Waals surface area (Å²) in [5.74, 6) is 7.79. The van der Waals surface area contributed by atoms with Crippen LogP contribution in [0.25, 0.3) is 0 Å². The van der Waals surface area contributed by atoms with Crippen molar-refractivity contribution < 1.29 is 9.84 Å². The van der Waals surface area contributed by atoms with Crippen molar-refractivity contribution in [3.8, 4) is 17.6 Å². The molecule has 0 bridgehead atoms. The first-order valence-electron chi connectivity index (χ1n) is 6.12. The monoisotopic (exact) mass is 289 g/mol. The molecule has 0 fully saturated rings. The highest BCUT2D eigenvalue weighted by molar-refractivity contribution is 7.99. The highest BCUT2D eigenvalue weighted by atomic mass is 32.2. The zero-order valence-electron chi connectivity index (χ0n) is 11.1. The summed E-state index contributed by atoms with van der Waals surface area (Å²) in [6.45, 7) is 2.29. The van der Waals surface area contributed by atoms with Crippen molar-refractivity contribution in [2.24, 2.45) is 0 Å². The lowest BCUT2D eigenvalue weighted by Crippen LogP contribution is -2.00. The Morgan fingerprint density at radius 3 is 3.10 bits per heavy atom. The highest BCUT2D eigenvalue weighted by Crippen LogP contribution is 2.15. The maximum atomic E-state index is 8.66. The van der Waals surface area contributed by atoms with Crippen molar-refractivity contribution in [3.05, 3.63) is 35.7 Å². The third-order valence-electron chi connectivity index (χ3n) is 2.31. The number of nitrogens with one attached hydrogen (secondary N) is 1. The summed E-state index contributed by atoms with van der Waals surface area (Å²) >= 11 is 1.54. The second-order valence-electron chi connectivity index (χ2n) is 3.89. The molecule has 2 rings (SSSR count). The summed E-state index contributed by atoms with van der Waals surface area (Å²) in [5.41, 5.74) is 0.828. The van der Waals surface area contributed by atoms with Crippen LogP contribution in [0.15, 0.2) is 29.4 Å². The SMILES string of the molecule is Cc1nc(SCCOc2cccc(C#CCO)c2)n[nH]1. The number of aromatic nitrogens is 3. The van der Waals surface area contributed by atoms with Gasteiger partial charge in [0.2, 0.25) is 5.16 Å². The minimum absolute atomic E-state index is 0.141. The molecule has 1 heterocycles. The molecule has 20 heavy (non-hydrogen) atoms. The molecule has 0 spiro atoms. The Hall–Kier alpha value is -1.97. The number of aliphatic hydroxyl groups is 1. The first kappa shape index (κ1) is 14.4. The zero-order valence-corrected chi connectivity index (χ0v) is 11.9. The number of rotatable bonds is 5. The van der Waals surface area contributed by atoms with E-state index in [-0.39, 0.29) is 6.61 Å². The Bertz CT molecular complexity index is 616. The molecule has 0 unspecified atom stereocenters. The van der Waals surface area contributed by atoms with E-state index in [9.17, 15) is 0 Å². The summed E-state index contributed by atoms with van der Waals surface area (Å²) < 4.78 is 5.64. The number of aromatic amines is 1. The zero-order chi connectivity index (χ0) is 14.2. The van der Waals surface area contributed by atoms with E-state index in [4.69, 9.17) is 9.84 Å². The van der Waals surface area contributed by atoms with Gasteiger partial charge in [-0.1, -0.05) is 29.7 Å². The average Bonchev–Trinajstić information content (AvgIpc) is 2.87. The Balaban J connectivity index is 1.79. The number of hydrogen-bond acceptors (Lipinski definition) is 5. The van der Waals surface area contributed by atoms with E-state index in [0.29, 0.717) is 6.61 Å². The van der Waals surface area contributed by atoms with Gasteiger partial charge in [-0.25, -0.2) is 4.98 Å². The molecule has 0 saturated heterocycles. The van der Waals surface area contributed by atoms with Crippen LogP contribution in [0.3, 0.4) is 0 Å². The summed E-state index contributed by atoms with van der Waals surface area (Å²) in [6.07, 6.45) is 0. The van der Waals surface area contributed by atoms with E-state index in [1.54, 1.807) is 0 Å². The first-order chi connectivity index (χ1) is 9.78. The molecule has 0 radical (unpaired) electrons. The summed E-state index contributed by atoms with van der Waals surface area (Å²) in [5, 5.41) is 16.2. The lowest BCUT2D eigenvalue weighted by Gasteiger charge is -2.05. The van der Waals surface area contributed by atoms with Crippen LogP contribution >= 0.6 is 11.8 Å². The van der Waals surface area contributed by atoms with Gasteiger partial charge in [-0.15, -0.1) is 5.10 Å². The highest BCUT2D eigenvalue weighted by Gasteiger charge is 2.01. The molecule has 1 aromatic carbocycles. The van der Waals surface area contributed by atoms with Crippen molar-refractivity contribution in [3.63, 3.8) is 0 Å². The van der Waals surface area contributed by atoms with Gasteiger partial charge in [0.1, 0.15) is 18.2 Å². The van der Waals surface area contributed by atoms with Crippen molar-refractivity contribution >= 4 is 11.8 Å². The summed E-state index contributed by atoms with van der Waals surface area (Å²) in [4.78, 5) is 4.20. The maximum absolute atomic E-state index is 8.66. The molecule has 2 aromatic rings. The predicted octanol–water partition coefficient (Wildman–Crippen LogP) is 1.63. The van der Waals surface area contributed by atoms with Gasteiger partial charge >= 0.3 is 0 Å². The molecule has 6 heteroatoms. The molecule has 5 nitrogen and oxygen atoms in total. The van der Waals surface area contributed by atoms with Crippen LogP contribution in [-0.2, 0) is 0 Å². The van der Waals surface area contributed by atoms with Crippen LogP contribution in [0, 0.1) is 18.8 Å². The molecule has 2 N–H and O–H groups in total. The van der Waals surface area contributed by atoms with Crippen molar-refractivity contribution in [1.29, 1.82) is 0 Å². The van der Waals surface area contributed by atoms with E-state index in [0.717, 1.165) is 28.0 Å². The van der Waals surface area contributed by atoms with Crippen molar-refractivity contribution in [2.45, 2.75) is 12.1 Å². The van der Waals surface area contributed by atoms with E-state index >= 15 is 0 Å². The fraction of sp³-hybridized carbons (Fsp3) is 0.286. The number of aliphatic hydroxyl groups excluding tert-OH is 1. The molecule has 104 valence electrons. The second kappa shape index (κ2) is 7.58. The number of aryl methyl sites for hydroxylation is 1. The first-order valence-corrected chi connectivity index (χ1v) is 7.11. The van der Waals surface area contributed by atoms with Gasteiger partial charge in [-0.2, -0.15) is 0 Å². The number of nitrogens with zero attached hydrogens (tertiary/aromatic N) is 2. The standard InChI is InChI=1S/C14H15N3O2S/c1-11-15-14(17-16-11)20-9-8-19-13-6-2-4-12(10-13)5-3-7-18/h2,4,6,10,18H,7-9H2,1H3,(H,15,16,17). The van der Waals surface area contributed by atoms with Crippen LogP contribution in [0.4, 0.5) is 0 Å². The number of hydrogen-bond donors (Lipinski definition) is 2. The minimum Gasteiger partial charge on any atom is -0.493 e. The third kappa shape index (κ3) is 4.61. The van der Waals surface area contributed by atoms with Gasteiger partial charge in [0.25, 0.3) is 0 Å². The minimum atomic E-state index is -0.141. The predicted molar refractivity (Wildman–Crippen MR) is 77.7 cm³/mol.